The zero-order valence-corrected chi connectivity index (χ0v) is 18.9. The third-order valence-corrected chi connectivity index (χ3v) is 5.24. The third kappa shape index (κ3) is 8.79. The normalized spacial score (nSPS) is 17.9. The van der Waals surface area contributed by atoms with Gasteiger partial charge in [0.25, 0.3) is 0 Å². The highest BCUT2D eigenvalue weighted by atomic mass is 16.5. The summed E-state index contributed by atoms with van der Waals surface area (Å²) in [5.74, 6) is -0.939. The van der Waals surface area contributed by atoms with Crippen LogP contribution in [0.15, 0.2) is 0 Å². The molecule has 2 atom stereocenters. The maximum atomic E-state index is 12.2. The van der Waals surface area contributed by atoms with Gasteiger partial charge in [0.2, 0.25) is 23.6 Å². The quantitative estimate of drug-likeness (QED) is 0.314. The van der Waals surface area contributed by atoms with Crippen molar-refractivity contribution in [3.8, 4) is 0 Å². The van der Waals surface area contributed by atoms with E-state index in [4.69, 9.17) is 9.47 Å². The van der Waals surface area contributed by atoms with Gasteiger partial charge in [0.05, 0.1) is 12.7 Å². The monoisotopic (exact) mass is 427 g/mol. The highest BCUT2D eigenvalue weighted by Crippen LogP contribution is 2.21. The number of hydrogen-bond acceptors (Lipinski definition) is 6. The van der Waals surface area contributed by atoms with E-state index in [1.807, 2.05) is 20.8 Å². The van der Waals surface area contributed by atoms with Crippen LogP contribution in [0, 0.1) is 11.3 Å². The molecule has 0 spiro atoms. The largest absolute Gasteiger partial charge is 0.383 e. The lowest BCUT2D eigenvalue weighted by Gasteiger charge is -2.24. The highest BCUT2D eigenvalue weighted by Gasteiger charge is 2.35. The van der Waals surface area contributed by atoms with Crippen LogP contribution >= 0.6 is 0 Å². The standard InChI is InChI=1S/C21H37N3O6/c1-15-14-18(26)24(19(15)27)11-7-17(25)22-9-6-16(2)30-12-8-21(3,4)20(28)23-10-13-29-5/h15-16H,6-14H2,1-5H3,(H,22,25)(H,23,28). The second kappa shape index (κ2) is 12.6. The molecule has 1 aliphatic rings. The number of nitrogens with zero attached hydrogens (tertiary/aromatic N) is 1. The number of methoxy groups -OCH3 is 1. The Morgan fingerprint density at radius 2 is 1.90 bits per heavy atom. The Kier molecular flexibility index (Phi) is 11.0. The van der Waals surface area contributed by atoms with Crippen LogP contribution in [0.2, 0.25) is 0 Å². The second-order valence-electron chi connectivity index (χ2n) is 8.44. The van der Waals surface area contributed by atoms with Crippen LogP contribution in [0.4, 0.5) is 0 Å². The minimum Gasteiger partial charge on any atom is -0.383 e. The summed E-state index contributed by atoms with van der Waals surface area (Å²) in [6.45, 7) is 9.36. The molecule has 0 aromatic carbocycles. The molecule has 2 N–H and O–H groups in total. The van der Waals surface area contributed by atoms with Gasteiger partial charge < -0.3 is 20.1 Å². The van der Waals surface area contributed by atoms with Crippen molar-refractivity contribution >= 4 is 23.6 Å². The molecule has 1 saturated heterocycles. The molecule has 0 radical (unpaired) electrons. The van der Waals surface area contributed by atoms with Crippen molar-refractivity contribution in [1.29, 1.82) is 0 Å². The molecule has 9 nitrogen and oxygen atoms in total. The SMILES string of the molecule is COCCNC(=O)C(C)(C)CCOC(C)CCNC(=O)CCN1C(=O)CC(C)C1=O. The molecule has 0 saturated carbocycles. The van der Waals surface area contributed by atoms with Gasteiger partial charge in [0, 0.05) is 57.5 Å². The fourth-order valence-corrected chi connectivity index (χ4v) is 3.02. The van der Waals surface area contributed by atoms with E-state index in [0.717, 1.165) is 0 Å². The van der Waals surface area contributed by atoms with E-state index in [-0.39, 0.29) is 55.0 Å². The summed E-state index contributed by atoms with van der Waals surface area (Å²) in [7, 11) is 1.59. The molecule has 172 valence electrons. The summed E-state index contributed by atoms with van der Waals surface area (Å²) in [4.78, 5) is 48.8. The average Bonchev–Trinajstić information content (AvgIpc) is 2.91. The maximum absolute atomic E-state index is 12.2. The van der Waals surface area contributed by atoms with E-state index in [9.17, 15) is 19.2 Å². The number of nitrogens with one attached hydrogen (secondary N) is 2. The lowest BCUT2D eigenvalue weighted by Crippen LogP contribution is -2.39. The molecule has 0 aliphatic carbocycles. The van der Waals surface area contributed by atoms with Gasteiger partial charge in [0.15, 0.2) is 0 Å². The molecule has 1 heterocycles. The molecule has 30 heavy (non-hydrogen) atoms. The Morgan fingerprint density at radius 1 is 1.20 bits per heavy atom. The second-order valence-corrected chi connectivity index (χ2v) is 8.44. The molecular weight excluding hydrogens is 390 g/mol. The first-order valence-corrected chi connectivity index (χ1v) is 10.6. The molecule has 1 rings (SSSR count). The van der Waals surface area contributed by atoms with Crippen LogP contribution in [0.1, 0.15) is 53.4 Å². The number of amides is 4. The molecule has 4 amide bonds. The molecule has 9 heteroatoms. The zero-order chi connectivity index (χ0) is 22.7. The van der Waals surface area contributed by atoms with Crippen molar-refractivity contribution in [2.24, 2.45) is 11.3 Å². The predicted molar refractivity (Wildman–Crippen MR) is 111 cm³/mol. The van der Waals surface area contributed by atoms with Crippen LogP contribution in [0.5, 0.6) is 0 Å². The van der Waals surface area contributed by atoms with Gasteiger partial charge >= 0.3 is 0 Å². The summed E-state index contributed by atoms with van der Waals surface area (Å²) in [6, 6.07) is 0. The molecule has 2 unspecified atom stereocenters. The van der Waals surface area contributed by atoms with Gasteiger partial charge in [-0.25, -0.2) is 0 Å². The van der Waals surface area contributed by atoms with Gasteiger partial charge in [-0.3, -0.25) is 24.1 Å². The van der Waals surface area contributed by atoms with Crippen molar-refractivity contribution < 1.29 is 28.7 Å². The Hall–Kier alpha value is -2.00. The molecule has 1 aliphatic heterocycles. The molecule has 0 aromatic rings. The van der Waals surface area contributed by atoms with Gasteiger partial charge in [-0.05, 0) is 19.8 Å². The van der Waals surface area contributed by atoms with E-state index < -0.39 is 5.41 Å². The number of carbonyl (C=O) groups is 4. The predicted octanol–water partition coefficient (Wildman–Crippen LogP) is 0.862. The van der Waals surface area contributed by atoms with E-state index in [0.29, 0.717) is 39.1 Å². The minimum absolute atomic E-state index is 0.0348. The van der Waals surface area contributed by atoms with Crippen molar-refractivity contribution in [1.82, 2.24) is 15.5 Å². The topological polar surface area (TPSA) is 114 Å². The summed E-state index contributed by atoms with van der Waals surface area (Å²) >= 11 is 0. The van der Waals surface area contributed by atoms with Crippen molar-refractivity contribution in [3.05, 3.63) is 0 Å². The number of ether oxygens (including phenoxy) is 2. The number of carbonyl (C=O) groups excluding carboxylic acids is 4. The summed E-state index contributed by atoms with van der Waals surface area (Å²) in [6.07, 6.45) is 1.47. The number of rotatable bonds is 14. The lowest BCUT2D eigenvalue weighted by atomic mass is 9.88. The van der Waals surface area contributed by atoms with E-state index in [1.54, 1.807) is 14.0 Å². The van der Waals surface area contributed by atoms with Gasteiger partial charge in [0.1, 0.15) is 0 Å². The minimum atomic E-state index is -0.538. The Morgan fingerprint density at radius 3 is 2.50 bits per heavy atom. The Labute approximate surface area is 179 Å². The first-order chi connectivity index (χ1) is 14.1. The fraction of sp³-hybridized carbons (Fsp3) is 0.810. The van der Waals surface area contributed by atoms with E-state index in [2.05, 4.69) is 10.6 Å². The summed E-state index contributed by atoms with van der Waals surface area (Å²) in [5, 5.41) is 5.62. The van der Waals surface area contributed by atoms with Crippen LogP contribution in [0.3, 0.4) is 0 Å². The Bertz CT molecular complexity index is 608. The van der Waals surface area contributed by atoms with Crippen LogP contribution in [-0.4, -0.2) is 74.6 Å². The summed E-state index contributed by atoms with van der Waals surface area (Å²) < 4.78 is 10.7. The van der Waals surface area contributed by atoms with E-state index >= 15 is 0 Å². The van der Waals surface area contributed by atoms with Gasteiger partial charge in [-0.1, -0.05) is 20.8 Å². The third-order valence-electron chi connectivity index (χ3n) is 5.24. The van der Waals surface area contributed by atoms with Gasteiger partial charge in [-0.15, -0.1) is 0 Å². The number of imide groups is 1. The highest BCUT2D eigenvalue weighted by molar-refractivity contribution is 6.03. The maximum Gasteiger partial charge on any atom is 0.232 e. The Balaban J connectivity index is 2.17. The lowest BCUT2D eigenvalue weighted by molar-refractivity contribution is -0.139. The smallest absolute Gasteiger partial charge is 0.232 e. The molecule has 1 fully saturated rings. The van der Waals surface area contributed by atoms with Crippen LogP contribution in [0.25, 0.3) is 0 Å². The van der Waals surface area contributed by atoms with Crippen molar-refractivity contribution in [2.45, 2.75) is 59.5 Å². The first-order valence-electron chi connectivity index (χ1n) is 10.6. The zero-order valence-electron chi connectivity index (χ0n) is 18.9. The van der Waals surface area contributed by atoms with Crippen LogP contribution in [-0.2, 0) is 28.7 Å². The van der Waals surface area contributed by atoms with Crippen molar-refractivity contribution in [2.75, 3.05) is 40.0 Å². The van der Waals surface area contributed by atoms with Gasteiger partial charge in [-0.2, -0.15) is 0 Å². The fourth-order valence-electron chi connectivity index (χ4n) is 3.02. The number of hydrogen-bond donors (Lipinski definition) is 2. The van der Waals surface area contributed by atoms with E-state index in [1.165, 1.54) is 4.90 Å². The molecule has 0 bridgehead atoms. The molecule has 0 aromatic heterocycles. The average molecular weight is 428 g/mol. The summed E-state index contributed by atoms with van der Waals surface area (Å²) in [5.41, 5.74) is -0.538. The van der Waals surface area contributed by atoms with Crippen molar-refractivity contribution in [3.63, 3.8) is 0 Å². The molecular formula is C21H37N3O6. The van der Waals surface area contributed by atoms with Crippen LogP contribution < -0.4 is 10.6 Å². The number of likely N-dealkylation sites (tertiary alicyclic amines) is 1. The first kappa shape index (κ1) is 26.0.